The molecule has 4 aliphatic rings. The van der Waals surface area contributed by atoms with Gasteiger partial charge in [0.25, 0.3) is 0 Å². The second-order valence-electron chi connectivity index (χ2n) is 5.38. The maximum atomic E-state index is 12.7. The van der Waals surface area contributed by atoms with E-state index in [0.29, 0.717) is 12.0 Å². The molecule has 6 nitrogen and oxygen atoms in total. The Morgan fingerprint density at radius 3 is 2.52 bits per heavy atom. The molecule has 21 heavy (non-hydrogen) atoms. The number of ketones is 1. The molecule has 4 atom stereocenters. The number of esters is 1. The van der Waals surface area contributed by atoms with Gasteiger partial charge in [0.1, 0.15) is 0 Å². The summed E-state index contributed by atoms with van der Waals surface area (Å²) in [7, 11) is 4.06. The Balaban J connectivity index is 2.15. The number of hydrogen-bond acceptors (Lipinski definition) is 7. The zero-order valence-electron chi connectivity index (χ0n) is 12.0. The van der Waals surface area contributed by atoms with Gasteiger partial charge in [-0.3, -0.25) is 9.59 Å². The molecule has 0 amide bonds. The summed E-state index contributed by atoms with van der Waals surface area (Å²) in [4.78, 5) is 36.6. The van der Waals surface area contributed by atoms with Crippen molar-refractivity contribution in [2.45, 2.75) is 17.5 Å². The van der Waals surface area contributed by atoms with E-state index >= 15 is 0 Å². The minimum atomic E-state index is -1.51. The molecule has 0 aromatic rings. The third-order valence-corrected chi connectivity index (χ3v) is 5.98. The molecule has 0 N–H and O–H groups in total. The van der Waals surface area contributed by atoms with Crippen molar-refractivity contribution in [2.24, 2.45) is 17.8 Å². The van der Waals surface area contributed by atoms with Gasteiger partial charge in [0, 0.05) is 37.4 Å². The first-order chi connectivity index (χ1) is 10.00. The van der Waals surface area contributed by atoms with Gasteiger partial charge in [0.15, 0.2) is 10.9 Å². The number of carbonyl (C=O) groups is 3. The summed E-state index contributed by atoms with van der Waals surface area (Å²) < 4.78 is 15.6. The first-order valence-corrected chi connectivity index (χ1v) is 7.52. The zero-order valence-corrected chi connectivity index (χ0v) is 12.8. The van der Waals surface area contributed by atoms with E-state index in [1.165, 1.54) is 33.1 Å². The minimum Gasteiger partial charge on any atom is -0.466 e. The summed E-state index contributed by atoms with van der Waals surface area (Å²) in [6, 6.07) is 0. The average Bonchev–Trinajstić information content (AvgIpc) is 2.89. The molecule has 0 spiro atoms. The van der Waals surface area contributed by atoms with Crippen molar-refractivity contribution < 1.29 is 28.6 Å². The maximum Gasteiger partial charge on any atom is 0.333 e. The van der Waals surface area contributed by atoms with Gasteiger partial charge in [-0.25, -0.2) is 4.79 Å². The lowest BCUT2D eigenvalue weighted by Crippen LogP contribution is -2.65. The van der Waals surface area contributed by atoms with Crippen LogP contribution in [0.4, 0.5) is 0 Å². The molecule has 0 radical (unpaired) electrons. The molecule has 4 rings (SSSR count). The molecule has 7 heteroatoms. The van der Waals surface area contributed by atoms with Crippen LogP contribution in [0.2, 0.25) is 0 Å². The highest BCUT2D eigenvalue weighted by atomic mass is 32.2. The van der Waals surface area contributed by atoms with Crippen molar-refractivity contribution in [3.05, 3.63) is 11.6 Å². The monoisotopic (exact) mass is 312 g/mol. The predicted molar refractivity (Wildman–Crippen MR) is 73.3 cm³/mol. The third-order valence-electron chi connectivity index (χ3n) is 4.66. The molecule has 1 saturated heterocycles. The van der Waals surface area contributed by atoms with E-state index in [9.17, 15) is 14.4 Å². The second kappa shape index (κ2) is 4.93. The third kappa shape index (κ3) is 1.77. The van der Waals surface area contributed by atoms with Crippen LogP contribution in [-0.4, -0.2) is 49.2 Å². The Bertz CT molecular complexity index is 550. The quantitative estimate of drug-likeness (QED) is 0.556. The molecular weight excluding hydrogens is 296 g/mol. The maximum absolute atomic E-state index is 12.7. The van der Waals surface area contributed by atoms with E-state index in [4.69, 9.17) is 14.2 Å². The smallest absolute Gasteiger partial charge is 0.333 e. The van der Waals surface area contributed by atoms with Gasteiger partial charge in [-0.05, 0) is 5.92 Å². The molecule has 114 valence electrons. The van der Waals surface area contributed by atoms with Crippen LogP contribution in [0.3, 0.4) is 0 Å². The predicted octanol–water partition coefficient (Wildman–Crippen LogP) is 0.552. The van der Waals surface area contributed by atoms with Gasteiger partial charge in [-0.15, -0.1) is 0 Å². The normalized spacial score (nSPS) is 36.4. The minimum absolute atomic E-state index is 0.0373. The molecule has 0 aromatic heterocycles. The van der Waals surface area contributed by atoms with Crippen LogP contribution in [0.15, 0.2) is 11.6 Å². The molecule has 1 aliphatic heterocycles. The van der Waals surface area contributed by atoms with Crippen molar-refractivity contribution in [1.29, 1.82) is 0 Å². The standard InChI is InChI=1S/C14H16O6S/c1-18-13(17)8-4-7-6-5-9(15)21-11(6)10(8)14(19-2,20-3)12(7)16/h4,6-7,10-11H,5H2,1-3H3. The largest absolute Gasteiger partial charge is 0.466 e. The lowest BCUT2D eigenvalue weighted by molar-refractivity contribution is -0.240. The van der Waals surface area contributed by atoms with Gasteiger partial charge >= 0.3 is 5.97 Å². The number of hydrogen-bond donors (Lipinski definition) is 0. The van der Waals surface area contributed by atoms with Crippen molar-refractivity contribution in [2.75, 3.05) is 21.3 Å². The molecule has 2 fully saturated rings. The van der Waals surface area contributed by atoms with Crippen molar-refractivity contribution in [3.8, 4) is 0 Å². The first kappa shape index (κ1) is 14.7. The number of carbonyl (C=O) groups excluding carboxylic acids is 3. The van der Waals surface area contributed by atoms with Gasteiger partial charge in [-0.1, -0.05) is 17.8 Å². The summed E-state index contributed by atoms with van der Waals surface area (Å²) in [6.45, 7) is 0. The van der Waals surface area contributed by atoms with Gasteiger partial charge in [0.2, 0.25) is 5.79 Å². The van der Waals surface area contributed by atoms with E-state index < -0.39 is 23.6 Å². The van der Waals surface area contributed by atoms with Crippen LogP contribution >= 0.6 is 11.8 Å². The lowest BCUT2D eigenvalue weighted by atomic mass is 9.60. The van der Waals surface area contributed by atoms with Crippen LogP contribution in [-0.2, 0) is 28.6 Å². The Morgan fingerprint density at radius 2 is 1.95 bits per heavy atom. The summed E-state index contributed by atoms with van der Waals surface area (Å²) >= 11 is 1.18. The van der Waals surface area contributed by atoms with Crippen LogP contribution in [0.1, 0.15) is 6.42 Å². The van der Waals surface area contributed by atoms with Gasteiger partial charge < -0.3 is 14.2 Å². The summed E-state index contributed by atoms with van der Waals surface area (Å²) in [6.07, 6.45) is 1.98. The first-order valence-electron chi connectivity index (χ1n) is 6.64. The molecule has 4 unspecified atom stereocenters. The Kier molecular flexibility index (Phi) is 3.46. The molecular formula is C14H16O6S. The van der Waals surface area contributed by atoms with E-state index in [1.54, 1.807) is 6.08 Å². The summed E-state index contributed by atoms with van der Waals surface area (Å²) in [5.74, 6) is -3.50. The van der Waals surface area contributed by atoms with Crippen LogP contribution in [0.5, 0.6) is 0 Å². The molecule has 0 aromatic carbocycles. The molecule has 3 aliphatic carbocycles. The second-order valence-corrected chi connectivity index (χ2v) is 6.61. The Morgan fingerprint density at radius 1 is 1.29 bits per heavy atom. The molecule has 2 bridgehead atoms. The zero-order chi connectivity index (χ0) is 15.4. The number of allylic oxidation sites excluding steroid dienone is 1. The Hall–Kier alpha value is -1.18. The number of ether oxygens (including phenoxy) is 3. The fraction of sp³-hybridized carbons (Fsp3) is 0.643. The highest BCUT2D eigenvalue weighted by Gasteiger charge is 2.67. The topological polar surface area (TPSA) is 78.9 Å². The number of methoxy groups -OCH3 is 3. The lowest BCUT2D eigenvalue weighted by Gasteiger charge is -2.51. The highest BCUT2D eigenvalue weighted by Crippen LogP contribution is 2.58. The fourth-order valence-corrected chi connectivity index (χ4v) is 5.26. The number of Topliss-reactive ketones (excluding diaryl/α,β-unsaturated/α-hetero) is 1. The van der Waals surface area contributed by atoms with Crippen molar-refractivity contribution in [3.63, 3.8) is 0 Å². The summed E-state index contributed by atoms with van der Waals surface area (Å²) in [5, 5.41) is -0.158. The molecule has 1 saturated carbocycles. The van der Waals surface area contributed by atoms with Gasteiger partial charge in [0.05, 0.1) is 13.0 Å². The van der Waals surface area contributed by atoms with Crippen molar-refractivity contribution in [1.82, 2.24) is 0 Å². The van der Waals surface area contributed by atoms with Crippen LogP contribution in [0.25, 0.3) is 0 Å². The van der Waals surface area contributed by atoms with E-state index in [0.717, 1.165) is 0 Å². The average molecular weight is 312 g/mol. The van der Waals surface area contributed by atoms with E-state index in [1.807, 2.05) is 0 Å². The van der Waals surface area contributed by atoms with Crippen LogP contribution < -0.4 is 0 Å². The SMILES string of the molecule is COC(=O)C1=CC2C(=O)C(OC)(OC)C1C1SC(=O)CC21. The Labute approximate surface area is 126 Å². The fourth-order valence-electron chi connectivity index (χ4n) is 3.77. The van der Waals surface area contributed by atoms with Crippen LogP contribution in [0, 0.1) is 17.8 Å². The number of rotatable bonds is 3. The van der Waals surface area contributed by atoms with E-state index in [-0.39, 0.29) is 22.1 Å². The van der Waals surface area contributed by atoms with E-state index in [2.05, 4.69) is 0 Å². The number of fused-ring (bicyclic) bond motifs is 1. The number of thioether (sulfide) groups is 1. The van der Waals surface area contributed by atoms with Crippen molar-refractivity contribution >= 4 is 28.6 Å². The highest BCUT2D eigenvalue weighted by molar-refractivity contribution is 8.14. The van der Waals surface area contributed by atoms with Gasteiger partial charge in [-0.2, -0.15) is 0 Å². The summed E-state index contributed by atoms with van der Waals surface area (Å²) in [5.41, 5.74) is 0.370. The molecule has 1 heterocycles.